The van der Waals surface area contributed by atoms with Gasteiger partial charge in [0.25, 0.3) is 11.8 Å². The van der Waals surface area contributed by atoms with Gasteiger partial charge in [-0.2, -0.15) is 0 Å². The van der Waals surface area contributed by atoms with E-state index in [1.54, 1.807) is 79.1 Å². The third-order valence-electron chi connectivity index (χ3n) is 6.82. The lowest BCUT2D eigenvalue weighted by Crippen LogP contribution is -2.53. The summed E-state index contributed by atoms with van der Waals surface area (Å²) in [7, 11) is 0. The standard InChI is InChI=1S/C30H22N4O3/c35-27(20-9-3-1-4-10-20)25-24(19-15-17-31-18-16-19)26(33-29(36)21-11-5-2-6-12-21)30(37)34-23-14-8-7-13-22(23)32-28(25)34/h1-18,24-26H,(H,33,36)/t24-,25-,26+/m1/s1. The summed E-state index contributed by atoms with van der Waals surface area (Å²) in [6.45, 7) is 0. The van der Waals surface area contributed by atoms with Crippen molar-refractivity contribution in [2.24, 2.45) is 0 Å². The molecule has 1 aliphatic heterocycles. The number of nitrogens with zero attached hydrogens (tertiary/aromatic N) is 3. The molecule has 0 spiro atoms. The van der Waals surface area contributed by atoms with Crippen molar-refractivity contribution in [3.8, 4) is 0 Å². The van der Waals surface area contributed by atoms with Crippen LogP contribution in [-0.2, 0) is 0 Å². The molecule has 3 aromatic carbocycles. The fourth-order valence-electron chi connectivity index (χ4n) is 5.13. The van der Waals surface area contributed by atoms with Crippen LogP contribution in [0.4, 0.5) is 0 Å². The zero-order valence-corrected chi connectivity index (χ0v) is 19.7. The topological polar surface area (TPSA) is 94.0 Å². The molecule has 6 rings (SSSR count). The van der Waals surface area contributed by atoms with E-state index in [9.17, 15) is 14.4 Å². The molecule has 0 aliphatic carbocycles. The highest BCUT2D eigenvalue weighted by molar-refractivity contribution is 6.07. The smallest absolute Gasteiger partial charge is 0.255 e. The first-order valence-electron chi connectivity index (χ1n) is 12.0. The highest BCUT2D eigenvalue weighted by atomic mass is 16.2. The van der Waals surface area contributed by atoms with Crippen LogP contribution in [0.25, 0.3) is 11.0 Å². The van der Waals surface area contributed by atoms with Gasteiger partial charge in [-0.05, 0) is 42.0 Å². The summed E-state index contributed by atoms with van der Waals surface area (Å²) in [5, 5.41) is 2.96. The highest BCUT2D eigenvalue weighted by Crippen LogP contribution is 2.43. The largest absolute Gasteiger partial charge is 0.340 e. The number of Topliss-reactive ketones (excluding diaryl/α,β-unsaturated/α-hetero) is 1. The van der Waals surface area contributed by atoms with E-state index >= 15 is 0 Å². The molecule has 0 unspecified atom stereocenters. The minimum absolute atomic E-state index is 0.176. The summed E-state index contributed by atoms with van der Waals surface area (Å²) in [4.78, 5) is 50.5. The van der Waals surface area contributed by atoms with Gasteiger partial charge in [0, 0.05) is 29.4 Å². The quantitative estimate of drug-likeness (QED) is 0.366. The van der Waals surface area contributed by atoms with Crippen molar-refractivity contribution in [1.82, 2.24) is 19.9 Å². The first-order valence-corrected chi connectivity index (χ1v) is 12.0. The number of pyridine rings is 1. The third kappa shape index (κ3) is 3.90. The molecule has 3 atom stereocenters. The zero-order chi connectivity index (χ0) is 25.4. The maximum absolute atomic E-state index is 14.1. The Hall–Kier alpha value is -4.91. The number of rotatable bonds is 5. The van der Waals surface area contributed by atoms with E-state index in [0.717, 1.165) is 0 Å². The number of para-hydroxylation sites is 2. The van der Waals surface area contributed by atoms with Gasteiger partial charge in [0.15, 0.2) is 5.78 Å². The summed E-state index contributed by atoms with van der Waals surface area (Å²) < 4.78 is 1.49. The molecular weight excluding hydrogens is 464 g/mol. The maximum atomic E-state index is 14.1. The van der Waals surface area contributed by atoms with Crippen molar-refractivity contribution in [1.29, 1.82) is 0 Å². The van der Waals surface area contributed by atoms with Crippen LogP contribution in [0.2, 0.25) is 0 Å². The van der Waals surface area contributed by atoms with Gasteiger partial charge in [-0.15, -0.1) is 0 Å². The second kappa shape index (κ2) is 9.28. The number of aromatic nitrogens is 3. The van der Waals surface area contributed by atoms with Gasteiger partial charge in [-0.25, -0.2) is 4.98 Å². The van der Waals surface area contributed by atoms with Crippen LogP contribution >= 0.6 is 0 Å². The van der Waals surface area contributed by atoms with E-state index in [4.69, 9.17) is 4.98 Å². The second-order valence-corrected chi connectivity index (χ2v) is 8.96. The molecular formula is C30H22N4O3. The predicted molar refractivity (Wildman–Crippen MR) is 139 cm³/mol. The normalized spacial score (nSPS) is 18.8. The van der Waals surface area contributed by atoms with Crippen molar-refractivity contribution in [2.75, 3.05) is 0 Å². The molecule has 5 aromatic rings. The van der Waals surface area contributed by atoms with E-state index < -0.39 is 23.8 Å². The Balaban J connectivity index is 1.57. The highest BCUT2D eigenvalue weighted by Gasteiger charge is 2.49. The second-order valence-electron chi connectivity index (χ2n) is 8.96. The summed E-state index contributed by atoms with van der Waals surface area (Å²) >= 11 is 0. The monoisotopic (exact) mass is 486 g/mol. The van der Waals surface area contributed by atoms with Gasteiger partial charge in [0.1, 0.15) is 11.9 Å². The van der Waals surface area contributed by atoms with Crippen molar-refractivity contribution in [3.63, 3.8) is 0 Å². The Kier molecular flexibility index (Phi) is 5.65. The SMILES string of the molecule is O=C(N[C@@H]1C(=O)n2c(nc3ccccc32)[C@@H](C(=O)c2ccccc2)[C@H]1c1ccncc1)c1ccccc1. The summed E-state index contributed by atoms with van der Waals surface area (Å²) in [5.41, 5.74) is 2.86. The first-order chi connectivity index (χ1) is 18.1. The minimum atomic E-state index is -1.02. The Bertz CT molecular complexity index is 1610. The molecule has 2 aromatic heterocycles. The Labute approximate surface area is 212 Å². The number of hydrogen-bond donors (Lipinski definition) is 1. The van der Waals surface area contributed by atoms with Crippen molar-refractivity contribution < 1.29 is 14.4 Å². The fourth-order valence-corrected chi connectivity index (χ4v) is 5.13. The number of fused-ring (bicyclic) bond motifs is 3. The van der Waals surface area contributed by atoms with Crippen LogP contribution in [0.15, 0.2) is 109 Å². The van der Waals surface area contributed by atoms with Crippen LogP contribution in [0, 0.1) is 0 Å². The number of carbonyl (C=O) groups excluding carboxylic acids is 3. The summed E-state index contributed by atoms with van der Waals surface area (Å²) in [5.74, 6) is -2.06. The molecule has 37 heavy (non-hydrogen) atoms. The van der Waals surface area contributed by atoms with Crippen LogP contribution in [0.3, 0.4) is 0 Å². The molecule has 7 heteroatoms. The number of nitrogens with one attached hydrogen (secondary N) is 1. The minimum Gasteiger partial charge on any atom is -0.340 e. The van der Waals surface area contributed by atoms with E-state index in [0.29, 0.717) is 33.5 Å². The molecule has 0 saturated heterocycles. The van der Waals surface area contributed by atoms with Gasteiger partial charge >= 0.3 is 0 Å². The number of imidazole rings is 1. The average Bonchev–Trinajstić information content (AvgIpc) is 3.35. The van der Waals surface area contributed by atoms with E-state index in [2.05, 4.69) is 10.3 Å². The Morgan fingerprint density at radius 3 is 2.08 bits per heavy atom. The molecule has 1 aliphatic rings. The van der Waals surface area contributed by atoms with E-state index in [-0.39, 0.29) is 11.7 Å². The number of hydrogen-bond acceptors (Lipinski definition) is 5. The summed E-state index contributed by atoms with van der Waals surface area (Å²) in [6.07, 6.45) is 3.25. The van der Waals surface area contributed by atoms with Crippen LogP contribution in [0.5, 0.6) is 0 Å². The van der Waals surface area contributed by atoms with Crippen LogP contribution < -0.4 is 5.32 Å². The van der Waals surface area contributed by atoms with E-state index in [1.807, 2.05) is 30.3 Å². The summed E-state index contributed by atoms with van der Waals surface area (Å²) in [6, 6.07) is 27.5. The lowest BCUT2D eigenvalue weighted by atomic mass is 9.74. The number of benzene rings is 3. The number of amides is 1. The molecule has 0 saturated carbocycles. The molecule has 1 amide bonds. The first kappa shape index (κ1) is 22.5. The fraction of sp³-hybridized carbons (Fsp3) is 0.100. The molecule has 0 radical (unpaired) electrons. The Morgan fingerprint density at radius 1 is 0.757 bits per heavy atom. The molecule has 1 N–H and O–H groups in total. The lowest BCUT2D eigenvalue weighted by molar-refractivity contribution is 0.0727. The zero-order valence-electron chi connectivity index (χ0n) is 19.7. The van der Waals surface area contributed by atoms with Gasteiger partial charge < -0.3 is 5.32 Å². The maximum Gasteiger partial charge on any atom is 0.255 e. The van der Waals surface area contributed by atoms with Crippen LogP contribution in [-0.4, -0.2) is 38.2 Å². The third-order valence-corrected chi connectivity index (χ3v) is 6.82. The van der Waals surface area contributed by atoms with E-state index in [1.165, 1.54) is 4.57 Å². The van der Waals surface area contributed by atoms with Crippen molar-refractivity contribution in [3.05, 3.63) is 132 Å². The van der Waals surface area contributed by atoms with Crippen molar-refractivity contribution >= 4 is 28.6 Å². The molecule has 3 heterocycles. The predicted octanol–water partition coefficient (Wildman–Crippen LogP) is 4.63. The van der Waals surface area contributed by atoms with Gasteiger partial charge in [-0.1, -0.05) is 60.7 Å². The lowest BCUT2D eigenvalue weighted by Gasteiger charge is -2.37. The Morgan fingerprint density at radius 2 is 1.38 bits per heavy atom. The number of carbonyl (C=O) groups is 3. The molecule has 180 valence electrons. The number of ketones is 1. The van der Waals surface area contributed by atoms with Gasteiger partial charge in [0.05, 0.1) is 17.0 Å². The van der Waals surface area contributed by atoms with Gasteiger partial charge in [-0.3, -0.25) is 23.9 Å². The van der Waals surface area contributed by atoms with Crippen LogP contribution in [0.1, 0.15) is 48.7 Å². The molecule has 0 fully saturated rings. The van der Waals surface area contributed by atoms with Crippen molar-refractivity contribution in [2.45, 2.75) is 17.9 Å². The average molecular weight is 487 g/mol. The molecule has 7 nitrogen and oxygen atoms in total. The van der Waals surface area contributed by atoms with Gasteiger partial charge in [0.2, 0.25) is 0 Å². The molecule has 0 bridgehead atoms.